The third-order valence-electron chi connectivity index (χ3n) is 3.76. The van der Waals surface area contributed by atoms with Gasteiger partial charge in [-0.2, -0.15) is 5.10 Å². The average molecular weight is 336 g/mol. The van der Waals surface area contributed by atoms with E-state index in [4.69, 9.17) is 16.3 Å². The van der Waals surface area contributed by atoms with Crippen LogP contribution in [0.4, 0.5) is 16.3 Å². The Labute approximate surface area is 138 Å². The number of aromatic nitrogens is 3. The second-order valence-corrected chi connectivity index (χ2v) is 5.91. The van der Waals surface area contributed by atoms with E-state index in [-0.39, 0.29) is 6.03 Å². The van der Waals surface area contributed by atoms with Crippen LogP contribution in [-0.2, 0) is 4.74 Å². The summed E-state index contributed by atoms with van der Waals surface area (Å²) in [4.78, 5) is 16.0. The molecular weight excluding hydrogens is 318 g/mol. The smallest absolute Gasteiger partial charge is 0.324 e. The van der Waals surface area contributed by atoms with Crippen molar-refractivity contribution in [2.24, 2.45) is 0 Å². The average Bonchev–Trinajstić information content (AvgIpc) is 3.00. The topological polar surface area (TPSA) is 91.9 Å². The molecule has 3 heterocycles. The summed E-state index contributed by atoms with van der Waals surface area (Å²) >= 11 is 5.84. The van der Waals surface area contributed by atoms with Gasteiger partial charge in [0, 0.05) is 36.2 Å². The Morgan fingerprint density at radius 1 is 1.43 bits per heavy atom. The molecule has 2 aromatic heterocycles. The van der Waals surface area contributed by atoms with Crippen LogP contribution in [0.15, 0.2) is 18.3 Å². The molecule has 1 unspecified atom stereocenters. The highest BCUT2D eigenvalue weighted by Crippen LogP contribution is 2.25. The number of hydrogen-bond acceptors (Lipinski definition) is 4. The summed E-state index contributed by atoms with van der Waals surface area (Å²) in [6.07, 6.45) is 3.70. The van der Waals surface area contributed by atoms with Crippen LogP contribution in [0.2, 0.25) is 5.15 Å². The van der Waals surface area contributed by atoms with Crippen molar-refractivity contribution in [2.75, 3.05) is 23.8 Å². The second-order valence-electron chi connectivity index (χ2n) is 5.52. The van der Waals surface area contributed by atoms with Gasteiger partial charge in [-0.3, -0.25) is 10.4 Å². The fourth-order valence-corrected chi connectivity index (χ4v) is 2.66. The number of aryl methyl sites for hydroxylation is 1. The number of carbonyl (C=O) groups is 1. The number of anilines is 2. The zero-order valence-corrected chi connectivity index (χ0v) is 13.5. The first kappa shape index (κ1) is 15.8. The zero-order valence-electron chi connectivity index (χ0n) is 12.7. The first-order chi connectivity index (χ1) is 11.1. The van der Waals surface area contributed by atoms with E-state index < -0.39 is 0 Å². The minimum atomic E-state index is -0.381. The fourth-order valence-electron chi connectivity index (χ4n) is 2.50. The Morgan fingerprint density at radius 3 is 3.09 bits per heavy atom. The molecule has 1 atom stereocenters. The van der Waals surface area contributed by atoms with Gasteiger partial charge in [0.05, 0.1) is 6.61 Å². The summed E-state index contributed by atoms with van der Waals surface area (Å²) in [5, 5.41) is 12.8. The molecule has 0 bridgehead atoms. The first-order valence-electron chi connectivity index (χ1n) is 7.45. The molecular formula is C15H18ClN5O2. The van der Waals surface area contributed by atoms with E-state index in [1.165, 1.54) is 0 Å². The van der Waals surface area contributed by atoms with Crippen molar-refractivity contribution in [1.29, 1.82) is 0 Å². The lowest BCUT2D eigenvalue weighted by Gasteiger charge is -2.20. The summed E-state index contributed by atoms with van der Waals surface area (Å²) < 4.78 is 5.46. The lowest BCUT2D eigenvalue weighted by atomic mass is 9.99. The molecule has 23 heavy (non-hydrogen) atoms. The molecule has 8 heteroatoms. The minimum Gasteiger partial charge on any atom is -0.381 e. The van der Waals surface area contributed by atoms with E-state index in [0.29, 0.717) is 29.2 Å². The molecule has 7 nitrogen and oxygen atoms in total. The monoisotopic (exact) mass is 335 g/mol. The predicted octanol–water partition coefficient (Wildman–Crippen LogP) is 3.30. The molecule has 1 aliphatic heterocycles. The highest BCUT2D eigenvalue weighted by molar-refractivity contribution is 6.29. The summed E-state index contributed by atoms with van der Waals surface area (Å²) in [5.74, 6) is 0.775. The maximum absolute atomic E-state index is 12.1. The van der Waals surface area contributed by atoms with E-state index in [0.717, 1.165) is 30.7 Å². The normalized spacial score (nSPS) is 17.7. The van der Waals surface area contributed by atoms with Gasteiger partial charge >= 0.3 is 6.03 Å². The van der Waals surface area contributed by atoms with Crippen LogP contribution in [0.3, 0.4) is 0 Å². The number of urea groups is 1. The van der Waals surface area contributed by atoms with Crippen LogP contribution in [0.1, 0.15) is 30.0 Å². The quantitative estimate of drug-likeness (QED) is 0.750. The van der Waals surface area contributed by atoms with Crippen molar-refractivity contribution in [3.8, 4) is 0 Å². The maximum atomic E-state index is 12.1. The molecule has 2 aromatic rings. The first-order valence-corrected chi connectivity index (χ1v) is 7.83. The maximum Gasteiger partial charge on any atom is 0.324 e. The van der Waals surface area contributed by atoms with Gasteiger partial charge in [-0.1, -0.05) is 11.6 Å². The lowest BCUT2D eigenvalue weighted by Crippen LogP contribution is -2.20. The number of pyridine rings is 1. The van der Waals surface area contributed by atoms with E-state index in [2.05, 4.69) is 25.8 Å². The molecule has 1 saturated heterocycles. The van der Waals surface area contributed by atoms with E-state index in [1.807, 2.05) is 13.0 Å². The largest absolute Gasteiger partial charge is 0.381 e. The van der Waals surface area contributed by atoms with Gasteiger partial charge in [-0.25, -0.2) is 9.78 Å². The molecule has 0 aromatic carbocycles. The summed E-state index contributed by atoms with van der Waals surface area (Å²) in [6, 6.07) is 3.06. The molecule has 0 spiro atoms. The molecule has 1 fully saturated rings. The highest BCUT2D eigenvalue weighted by Gasteiger charge is 2.18. The standard InChI is InChI=1S/C15H18ClN5O2/c1-9-7-17-13(16)5-11(9)18-15(22)19-14-6-12(20-21-14)10-3-2-4-23-8-10/h5-7,10H,2-4,8H2,1H3,(H3,17,18,19,20,21,22). The minimum absolute atomic E-state index is 0.302. The molecule has 3 N–H and O–H groups in total. The van der Waals surface area contributed by atoms with Gasteiger partial charge in [0.25, 0.3) is 0 Å². The number of hydrogen-bond donors (Lipinski definition) is 3. The third-order valence-corrected chi connectivity index (χ3v) is 3.96. The van der Waals surface area contributed by atoms with Gasteiger partial charge < -0.3 is 10.1 Å². The third kappa shape index (κ3) is 4.00. The van der Waals surface area contributed by atoms with Gasteiger partial charge in [0.2, 0.25) is 0 Å². The van der Waals surface area contributed by atoms with Crippen LogP contribution in [0, 0.1) is 6.92 Å². The number of aromatic amines is 1. The van der Waals surface area contributed by atoms with Crippen molar-refractivity contribution in [2.45, 2.75) is 25.7 Å². The second kappa shape index (κ2) is 6.97. The summed E-state index contributed by atoms with van der Waals surface area (Å²) in [7, 11) is 0. The summed E-state index contributed by atoms with van der Waals surface area (Å²) in [5.41, 5.74) is 2.41. The Morgan fingerprint density at radius 2 is 2.30 bits per heavy atom. The Bertz CT molecular complexity index is 697. The number of nitrogens with zero attached hydrogens (tertiary/aromatic N) is 2. The van der Waals surface area contributed by atoms with Crippen molar-refractivity contribution in [3.63, 3.8) is 0 Å². The van der Waals surface area contributed by atoms with Gasteiger partial charge in [-0.15, -0.1) is 0 Å². The zero-order chi connectivity index (χ0) is 16.2. The van der Waals surface area contributed by atoms with Crippen molar-refractivity contribution in [3.05, 3.63) is 34.7 Å². The molecule has 1 aliphatic rings. The SMILES string of the molecule is Cc1cnc(Cl)cc1NC(=O)Nc1cc(C2CCCOC2)[nH]n1. The number of ether oxygens (including phenoxy) is 1. The molecule has 122 valence electrons. The number of nitrogens with one attached hydrogen (secondary N) is 3. The van der Waals surface area contributed by atoms with Gasteiger partial charge in [-0.05, 0) is 31.4 Å². The van der Waals surface area contributed by atoms with Gasteiger partial charge in [0.1, 0.15) is 5.15 Å². The number of amides is 2. The van der Waals surface area contributed by atoms with Crippen LogP contribution in [-0.4, -0.2) is 34.4 Å². The molecule has 0 radical (unpaired) electrons. The van der Waals surface area contributed by atoms with Crippen LogP contribution < -0.4 is 10.6 Å². The Kier molecular flexibility index (Phi) is 4.78. The predicted molar refractivity (Wildman–Crippen MR) is 88.0 cm³/mol. The van der Waals surface area contributed by atoms with Crippen LogP contribution in [0.25, 0.3) is 0 Å². The van der Waals surface area contributed by atoms with Crippen molar-refractivity contribution < 1.29 is 9.53 Å². The lowest BCUT2D eigenvalue weighted by molar-refractivity contribution is 0.0793. The van der Waals surface area contributed by atoms with Gasteiger partial charge in [0.15, 0.2) is 5.82 Å². The fraction of sp³-hybridized carbons (Fsp3) is 0.400. The van der Waals surface area contributed by atoms with Crippen LogP contribution >= 0.6 is 11.6 Å². The number of rotatable bonds is 3. The van der Waals surface area contributed by atoms with Crippen molar-refractivity contribution >= 4 is 29.1 Å². The van der Waals surface area contributed by atoms with Crippen molar-refractivity contribution in [1.82, 2.24) is 15.2 Å². The molecule has 3 rings (SSSR count). The Hall–Kier alpha value is -2.12. The highest BCUT2D eigenvalue weighted by atomic mass is 35.5. The molecule has 0 saturated carbocycles. The van der Waals surface area contributed by atoms with E-state index >= 15 is 0 Å². The number of carbonyl (C=O) groups excluding carboxylic acids is 1. The van der Waals surface area contributed by atoms with E-state index in [9.17, 15) is 4.79 Å². The van der Waals surface area contributed by atoms with Crippen LogP contribution in [0.5, 0.6) is 0 Å². The van der Waals surface area contributed by atoms with E-state index in [1.54, 1.807) is 12.3 Å². The number of H-pyrrole nitrogens is 1. The summed E-state index contributed by atoms with van der Waals surface area (Å²) in [6.45, 7) is 3.34. The Balaban J connectivity index is 1.61. The molecule has 2 amide bonds. The number of halogens is 1. The molecule has 0 aliphatic carbocycles.